The number of hydrogen-bond acceptors (Lipinski definition) is 8. The summed E-state index contributed by atoms with van der Waals surface area (Å²) in [5.41, 5.74) is 2.84. The van der Waals surface area contributed by atoms with Crippen molar-refractivity contribution in [2.75, 3.05) is 13.7 Å². The van der Waals surface area contributed by atoms with Crippen molar-refractivity contribution < 1.29 is 28.9 Å². The summed E-state index contributed by atoms with van der Waals surface area (Å²) in [6.07, 6.45) is 1.77. The van der Waals surface area contributed by atoms with E-state index in [1.165, 1.54) is 22.0 Å². The summed E-state index contributed by atoms with van der Waals surface area (Å²) >= 11 is 1.24. The Balaban J connectivity index is 1.48. The first-order valence-corrected chi connectivity index (χ1v) is 14.0. The van der Waals surface area contributed by atoms with E-state index in [1.54, 1.807) is 63.4 Å². The zero-order valence-electron chi connectivity index (χ0n) is 23.2. The van der Waals surface area contributed by atoms with Crippen LogP contribution in [0.3, 0.4) is 0 Å². The van der Waals surface area contributed by atoms with Gasteiger partial charge in [0.25, 0.3) is 5.56 Å². The summed E-state index contributed by atoms with van der Waals surface area (Å²) in [5, 5.41) is 9.19. The Bertz CT molecular complexity index is 1870. The Kier molecular flexibility index (Phi) is 8.35. The number of rotatable bonds is 9. The van der Waals surface area contributed by atoms with Gasteiger partial charge in [-0.25, -0.2) is 14.6 Å². The van der Waals surface area contributed by atoms with Crippen molar-refractivity contribution >= 4 is 29.4 Å². The van der Waals surface area contributed by atoms with Crippen LogP contribution >= 0.6 is 11.3 Å². The van der Waals surface area contributed by atoms with E-state index in [4.69, 9.17) is 14.2 Å². The highest BCUT2D eigenvalue weighted by Gasteiger charge is 2.34. The molecule has 1 aliphatic rings. The fraction of sp³-hybridized carbons (Fsp3) is 0.188. The fourth-order valence-electron chi connectivity index (χ4n) is 4.75. The Labute approximate surface area is 245 Å². The Morgan fingerprint density at radius 2 is 1.83 bits per heavy atom. The first-order chi connectivity index (χ1) is 20.3. The molecule has 2 heterocycles. The lowest BCUT2D eigenvalue weighted by molar-refractivity contribution is -0.139. The van der Waals surface area contributed by atoms with Gasteiger partial charge in [-0.05, 0) is 61.4 Å². The highest BCUT2D eigenvalue weighted by Crippen LogP contribution is 2.35. The molecule has 1 atom stereocenters. The number of carbonyl (C=O) groups excluding carboxylic acids is 1. The van der Waals surface area contributed by atoms with Gasteiger partial charge >= 0.3 is 11.9 Å². The fourth-order valence-corrected chi connectivity index (χ4v) is 5.80. The molecule has 0 aliphatic carbocycles. The molecule has 0 saturated heterocycles. The average Bonchev–Trinajstić information content (AvgIpc) is 3.30. The van der Waals surface area contributed by atoms with Crippen LogP contribution in [0.5, 0.6) is 11.5 Å². The summed E-state index contributed by atoms with van der Waals surface area (Å²) < 4.78 is 18.7. The molecular weight excluding hydrogens is 556 g/mol. The lowest BCUT2D eigenvalue weighted by atomic mass is 9.95. The maximum Gasteiger partial charge on any atom is 0.338 e. The van der Waals surface area contributed by atoms with E-state index in [9.17, 15) is 19.5 Å². The van der Waals surface area contributed by atoms with Crippen molar-refractivity contribution in [3.63, 3.8) is 0 Å². The largest absolute Gasteiger partial charge is 0.496 e. The van der Waals surface area contributed by atoms with E-state index < -0.39 is 18.0 Å². The predicted molar refractivity (Wildman–Crippen MR) is 158 cm³/mol. The monoisotopic (exact) mass is 584 g/mol. The molecule has 4 aromatic rings. The van der Waals surface area contributed by atoms with Crippen LogP contribution in [-0.4, -0.2) is 35.3 Å². The maximum absolute atomic E-state index is 13.8. The lowest BCUT2D eigenvalue weighted by Crippen LogP contribution is -2.40. The number of ether oxygens (including phenoxy) is 3. The molecule has 9 nitrogen and oxygen atoms in total. The lowest BCUT2D eigenvalue weighted by Gasteiger charge is -2.25. The number of methoxy groups -OCH3 is 1. The molecule has 0 amide bonds. The third kappa shape index (κ3) is 5.75. The number of carboxylic acids is 1. The van der Waals surface area contributed by atoms with E-state index >= 15 is 0 Å². The molecule has 0 spiro atoms. The number of nitrogens with zero attached hydrogens (tertiary/aromatic N) is 2. The second-order valence-electron chi connectivity index (χ2n) is 9.41. The average molecular weight is 585 g/mol. The molecule has 3 aromatic carbocycles. The van der Waals surface area contributed by atoms with Crippen molar-refractivity contribution in [1.29, 1.82) is 0 Å². The Morgan fingerprint density at radius 1 is 1.07 bits per heavy atom. The number of esters is 1. The number of para-hydroxylation sites is 1. The van der Waals surface area contributed by atoms with Crippen molar-refractivity contribution in [3.05, 3.63) is 126 Å². The molecular formula is C32H28N2O7S. The van der Waals surface area contributed by atoms with Crippen molar-refractivity contribution in [2.45, 2.75) is 26.5 Å². The van der Waals surface area contributed by atoms with Gasteiger partial charge in [-0.2, -0.15) is 0 Å². The number of fused-ring (bicyclic) bond motifs is 1. The third-order valence-electron chi connectivity index (χ3n) is 6.71. The van der Waals surface area contributed by atoms with Crippen molar-refractivity contribution in [3.8, 4) is 11.5 Å². The van der Waals surface area contributed by atoms with E-state index in [-0.39, 0.29) is 29.9 Å². The van der Waals surface area contributed by atoms with Crippen LogP contribution in [0, 0.1) is 0 Å². The second kappa shape index (κ2) is 12.3. The number of carboxylic acid groups (broad SMARTS) is 1. The number of aromatic carboxylic acids is 1. The summed E-state index contributed by atoms with van der Waals surface area (Å²) in [6, 6.07) is 20.3. The van der Waals surface area contributed by atoms with Gasteiger partial charge < -0.3 is 19.3 Å². The predicted octanol–water partition coefficient (Wildman–Crippen LogP) is 4.08. The normalized spacial score (nSPS) is 14.6. The van der Waals surface area contributed by atoms with Gasteiger partial charge in [0.1, 0.15) is 24.1 Å². The smallest absolute Gasteiger partial charge is 0.338 e. The topological polar surface area (TPSA) is 116 Å². The second-order valence-corrected chi connectivity index (χ2v) is 10.4. The van der Waals surface area contributed by atoms with E-state index in [0.717, 1.165) is 11.1 Å². The summed E-state index contributed by atoms with van der Waals surface area (Å²) in [4.78, 5) is 43.2. The first-order valence-electron chi connectivity index (χ1n) is 13.2. The maximum atomic E-state index is 13.8. The van der Waals surface area contributed by atoms with Gasteiger partial charge in [0.15, 0.2) is 4.80 Å². The number of hydrogen-bond donors (Lipinski definition) is 1. The minimum atomic E-state index is -0.993. The highest BCUT2D eigenvalue weighted by atomic mass is 32.1. The van der Waals surface area contributed by atoms with Crippen molar-refractivity contribution in [1.82, 2.24) is 4.57 Å². The minimum absolute atomic E-state index is 0.188. The summed E-state index contributed by atoms with van der Waals surface area (Å²) in [5.74, 6) is -0.388. The van der Waals surface area contributed by atoms with Crippen LogP contribution in [0.2, 0.25) is 0 Å². The molecule has 0 bridgehead atoms. The zero-order chi connectivity index (χ0) is 29.8. The first kappa shape index (κ1) is 28.6. The van der Waals surface area contributed by atoms with Gasteiger partial charge in [-0.1, -0.05) is 53.8 Å². The van der Waals surface area contributed by atoms with Crippen LogP contribution < -0.4 is 24.4 Å². The van der Waals surface area contributed by atoms with Gasteiger partial charge in [0.2, 0.25) is 0 Å². The zero-order valence-corrected chi connectivity index (χ0v) is 24.0. The molecule has 10 heteroatoms. The van der Waals surface area contributed by atoms with E-state index in [2.05, 4.69) is 4.99 Å². The third-order valence-corrected chi connectivity index (χ3v) is 7.69. The number of allylic oxidation sites excluding steroid dienone is 1. The number of aromatic nitrogens is 1. The van der Waals surface area contributed by atoms with E-state index in [1.807, 2.05) is 30.3 Å². The van der Waals surface area contributed by atoms with Gasteiger partial charge in [0.05, 0.1) is 35.1 Å². The number of benzene rings is 3. The van der Waals surface area contributed by atoms with Crippen LogP contribution in [0.15, 0.2) is 93.9 Å². The molecule has 1 N–H and O–H groups in total. The standard InChI is InChI=1S/C32H28N2O7S/c1-4-40-31(38)27-19(2)33-32-34(28(27)24-10-5-6-11-25(24)39-3)29(35)26(42-32)17-20-12-14-23(15-13-20)41-18-21-8-7-9-22(16-21)30(36)37/h5-17,28H,4,18H2,1-3H3,(H,36,37). The molecule has 1 aromatic heterocycles. The molecule has 1 unspecified atom stereocenters. The molecule has 214 valence electrons. The Hall–Kier alpha value is -4.96. The van der Waals surface area contributed by atoms with Gasteiger partial charge in [-0.3, -0.25) is 9.36 Å². The van der Waals surface area contributed by atoms with Gasteiger partial charge in [0, 0.05) is 5.56 Å². The SMILES string of the molecule is CCOC(=O)C1=C(C)N=c2sc(=Cc3ccc(OCc4cccc(C(=O)O)c4)cc3)c(=O)n2C1c1ccccc1OC. The van der Waals surface area contributed by atoms with Gasteiger partial charge in [-0.15, -0.1) is 0 Å². The minimum Gasteiger partial charge on any atom is -0.496 e. The summed E-state index contributed by atoms with van der Waals surface area (Å²) in [7, 11) is 1.55. The van der Waals surface area contributed by atoms with Crippen LogP contribution in [0.25, 0.3) is 6.08 Å². The number of carbonyl (C=O) groups is 2. The highest BCUT2D eigenvalue weighted by molar-refractivity contribution is 7.07. The molecule has 1 aliphatic heterocycles. The Morgan fingerprint density at radius 3 is 2.55 bits per heavy atom. The number of thiazole rings is 1. The molecule has 5 rings (SSSR count). The van der Waals surface area contributed by atoms with Crippen LogP contribution in [-0.2, 0) is 16.1 Å². The molecule has 0 radical (unpaired) electrons. The summed E-state index contributed by atoms with van der Waals surface area (Å²) in [6.45, 7) is 3.87. The van der Waals surface area contributed by atoms with Crippen LogP contribution in [0.1, 0.15) is 46.9 Å². The molecule has 42 heavy (non-hydrogen) atoms. The van der Waals surface area contributed by atoms with Crippen molar-refractivity contribution in [2.24, 2.45) is 4.99 Å². The molecule has 0 saturated carbocycles. The molecule has 0 fully saturated rings. The quantitative estimate of drug-likeness (QED) is 0.295. The van der Waals surface area contributed by atoms with Crippen LogP contribution in [0.4, 0.5) is 0 Å². The van der Waals surface area contributed by atoms with E-state index in [0.29, 0.717) is 32.1 Å².